The molecule has 106 valence electrons. The molecular weight excluding hydrogens is 248 g/mol. The Morgan fingerprint density at radius 3 is 2.50 bits per heavy atom. The molecule has 0 aromatic carbocycles. The van der Waals surface area contributed by atoms with Crippen LogP contribution in [0.5, 0.6) is 0 Å². The standard InChI is InChI=1S/C13H26N2O2S/c1-13(2)8-3-5-12(13)15-18(16,17)10-4-9-14-11-6-7-11/h11-12,14-15H,3-10H2,1-2H3. The maximum atomic E-state index is 12.0. The van der Waals surface area contributed by atoms with Crippen molar-refractivity contribution in [1.82, 2.24) is 10.0 Å². The van der Waals surface area contributed by atoms with Gasteiger partial charge in [0.15, 0.2) is 0 Å². The van der Waals surface area contributed by atoms with Gasteiger partial charge in [0.2, 0.25) is 10.0 Å². The monoisotopic (exact) mass is 274 g/mol. The zero-order valence-electron chi connectivity index (χ0n) is 11.5. The van der Waals surface area contributed by atoms with Crippen LogP contribution in [0.25, 0.3) is 0 Å². The first kappa shape index (κ1) is 14.3. The van der Waals surface area contributed by atoms with E-state index < -0.39 is 10.0 Å². The minimum atomic E-state index is -3.10. The summed E-state index contributed by atoms with van der Waals surface area (Å²) in [6.07, 6.45) is 6.43. The van der Waals surface area contributed by atoms with Gasteiger partial charge in [-0.25, -0.2) is 13.1 Å². The van der Waals surface area contributed by atoms with Crippen LogP contribution < -0.4 is 10.0 Å². The summed E-state index contributed by atoms with van der Waals surface area (Å²) in [4.78, 5) is 0. The predicted molar refractivity (Wildman–Crippen MR) is 74.0 cm³/mol. The SMILES string of the molecule is CC1(C)CCCC1NS(=O)(=O)CCCNC1CC1. The quantitative estimate of drug-likeness (QED) is 0.694. The molecule has 18 heavy (non-hydrogen) atoms. The third kappa shape index (κ3) is 4.21. The number of sulfonamides is 1. The largest absolute Gasteiger partial charge is 0.314 e. The molecule has 0 aromatic rings. The third-order valence-electron chi connectivity index (χ3n) is 4.18. The van der Waals surface area contributed by atoms with Crippen molar-refractivity contribution in [3.8, 4) is 0 Å². The van der Waals surface area contributed by atoms with Gasteiger partial charge in [-0.1, -0.05) is 20.3 Å². The Balaban J connectivity index is 1.72. The Hall–Kier alpha value is -0.130. The van der Waals surface area contributed by atoms with Crippen molar-refractivity contribution < 1.29 is 8.42 Å². The number of nitrogens with one attached hydrogen (secondary N) is 2. The van der Waals surface area contributed by atoms with Crippen molar-refractivity contribution in [2.75, 3.05) is 12.3 Å². The summed E-state index contributed by atoms with van der Waals surface area (Å²) in [6.45, 7) is 5.13. The number of hydrogen-bond donors (Lipinski definition) is 2. The summed E-state index contributed by atoms with van der Waals surface area (Å²) in [5.74, 6) is 0.249. The average molecular weight is 274 g/mol. The molecule has 0 radical (unpaired) electrons. The fraction of sp³-hybridized carbons (Fsp3) is 1.00. The summed E-state index contributed by atoms with van der Waals surface area (Å²) in [7, 11) is -3.10. The van der Waals surface area contributed by atoms with Crippen molar-refractivity contribution in [3.63, 3.8) is 0 Å². The summed E-state index contributed by atoms with van der Waals surface area (Å²) in [6, 6.07) is 0.785. The van der Waals surface area contributed by atoms with E-state index >= 15 is 0 Å². The molecule has 2 aliphatic rings. The molecule has 0 aliphatic heterocycles. The lowest BCUT2D eigenvalue weighted by atomic mass is 9.88. The zero-order chi connectivity index (χ0) is 13.2. The highest BCUT2D eigenvalue weighted by molar-refractivity contribution is 7.89. The Morgan fingerprint density at radius 1 is 1.22 bits per heavy atom. The van der Waals surface area contributed by atoms with Crippen LogP contribution in [0.15, 0.2) is 0 Å². The Labute approximate surface area is 111 Å². The number of rotatable bonds is 7. The minimum absolute atomic E-state index is 0.110. The lowest BCUT2D eigenvalue weighted by Gasteiger charge is -2.27. The van der Waals surface area contributed by atoms with Crippen LogP contribution in [0, 0.1) is 5.41 Å². The molecule has 4 nitrogen and oxygen atoms in total. The molecule has 2 fully saturated rings. The molecular formula is C13H26N2O2S. The Bertz CT molecular complexity index is 374. The van der Waals surface area contributed by atoms with Gasteiger partial charge in [-0.15, -0.1) is 0 Å². The molecule has 0 aromatic heterocycles. The van der Waals surface area contributed by atoms with E-state index in [9.17, 15) is 8.42 Å². The highest BCUT2D eigenvalue weighted by Crippen LogP contribution is 2.37. The second-order valence-corrected chi connectivity index (χ2v) is 8.33. The predicted octanol–water partition coefficient (Wildman–Crippen LogP) is 1.63. The normalized spacial score (nSPS) is 27.6. The van der Waals surface area contributed by atoms with Gasteiger partial charge in [-0.2, -0.15) is 0 Å². The summed E-state index contributed by atoms with van der Waals surface area (Å²) in [5.41, 5.74) is 0.110. The molecule has 5 heteroatoms. The van der Waals surface area contributed by atoms with Crippen LogP contribution in [-0.2, 0) is 10.0 Å². The van der Waals surface area contributed by atoms with E-state index in [2.05, 4.69) is 23.9 Å². The first-order valence-corrected chi connectivity index (χ1v) is 8.78. The van der Waals surface area contributed by atoms with E-state index in [0.717, 1.165) is 25.8 Å². The van der Waals surface area contributed by atoms with Crippen LogP contribution >= 0.6 is 0 Å². The highest BCUT2D eigenvalue weighted by Gasteiger charge is 2.36. The van der Waals surface area contributed by atoms with Gasteiger partial charge in [-0.05, 0) is 44.1 Å². The molecule has 2 rings (SSSR count). The fourth-order valence-electron chi connectivity index (χ4n) is 2.68. The first-order valence-electron chi connectivity index (χ1n) is 7.12. The number of hydrogen-bond acceptors (Lipinski definition) is 3. The van der Waals surface area contributed by atoms with Crippen LogP contribution in [0.3, 0.4) is 0 Å². The van der Waals surface area contributed by atoms with Gasteiger partial charge in [-0.3, -0.25) is 0 Å². The average Bonchev–Trinajstić information content (AvgIpc) is 3.01. The molecule has 0 amide bonds. The molecule has 1 unspecified atom stereocenters. The molecule has 0 spiro atoms. The van der Waals surface area contributed by atoms with Gasteiger partial charge >= 0.3 is 0 Å². The fourth-order valence-corrected chi connectivity index (χ4v) is 4.19. The Morgan fingerprint density at radius 2 is 1.94 bits per heavy atom. The maximum absolute atomic E-state index is 12.0. The molecule has 2 aliphatic carbocycles. The molecule has 0 saturated heterocycles. The topological polar surface area (TPSA) is 58.2 Å². The van der Waals surface area contributed by atoms with Gasteiger partial charge in [0, 0.05) is 12.1 Å². The lowest BCUT2D eigenvalue weighted by molar-refractivity contribution is 0.313. The Kier molecular flexibility index (Phi) is 4.34. The van der Waals surface area contributed by atoms with Crippen LogP contribution in [0.4, 0.5) is 0 Å². The third-order valence-corrected chi connectivity index (χ3v) is 5.65. The highest BCUT2D eigenvalue weighted by atomic mass is 32.2. The maximum Gasteiger partial charge on any atom is 0.211 e. The van der Waals surface area contributed by atoms with E-state index in [0.29, 0.717) is 12.5 Å². The van der Waals surface area contributed by atoms with Crippen molar-refractivity contribution in [3.05, 3.63) is 0 Å². The molecule has 0 heterocycles. The van der Waals surface area contributed by atoms with Crippen LogP contribution in [0.1, 0.15) is 52.4 Å². The molecule has 2 saturated carbocycles. The molecule has 2 N–H and O–H groups in total. The van der Waals surface area contributed by atoms with E-state index in [1.54, 1.807) is 0 Å². The van der Waals surface area contributed by atoms with Gasteiger partial charge in [0.25, 0.3) is 0 Å². The first-order chi connectivity index (χ1) is 8.39. The van der Waals surface area contributed by atoms with Crippen molar-refractivity contribution >= 4 is 10.0 Å². The molecule has 1 atom stereocenters. The summed E-state index contributed by atoms with van der Waals surface area (Å²) in [5, 5.41) is 3.35. The van der Waals surface area contributed by atoms with E-state index in [1.165, 1.54) is 12.8 Å². The van der Waals surface area contributed by atoms with E-state index in [1.807, 2.05) is 0 Å². The van der Waals surface area contributed by atoms with Crippen molar-refractivity contribution in [1.29, 1.82) is 0 Å². The summed E-state index contributed by atoms with van der Waals surface area (Å²) < 4.78 is 26.9. The van der Waals surface area contributed by atoms with E-state index in [4.69, 9.17) is 0 Å². The lowest BCUT2D eigenvalue weighted by Crippen LogP contribution is -2.42. The van der Waals surface area contributed by atoms with Crippen molar-refractivity contribution in [2.45, 2.75) is 64.5 Å². The van der Waals surface area contributed by atoms with Gasteiger partial charge in [0.05, 0.1) is 5.75 Å². The molecule has 0 bridgehead atoms. The second-order valence-electron chi connectivity index (χ2n) is 6.45. The van der Waals surface area contributed by atoms with Gasteiger partial charge < -0.3 is 5.32 Å². The zero-order valence-corrected chi connectivity index (χ0v) is 12.4. The van der Waals surface area contributed by atoms with E-state index in [-0.39, 0.29) is 17.2 Å². The minimum Gasteiger partial charge on any atom is -0.314 e. The van der Waals surface area contributed by atoms with Crippen LogP contribution in [-0.4, -0.2) is 32.8 Å². The summed E-state index contributed by atoms with van der Waals surface area (Å²) >= 11 is 0. The smallest absolute Gasteiger partial charge is 0.211 e. The second kappa shape index (κ2) is 5.47. The van der Waals surface area contributed by atoms with Crippen molar-refractivity contribution in [2.24, 2.45) is 5.41 Å². The van der Waals surface area contributed by atoms with Crippen LogP contribution in [0.2, 0.25) is 0 Å². The van der Waals surface area contributed by atoms with Gasteiger partial charge in [0.1, 0.15) is 0 Å².